The summed E-state index contributed by atoms with van der Waals surface area (Å²) < 4.78 is 9.07. The molecule has 0 unspecified atom stereocenters. The topological polar surface area (TPSA) is 78.6 Å². The Morgan fingerprint density at radius 1 is 1.19 bits per heavy atom. The zero-order valence-corrected chi connectivity index (χ0v) is 10.8. The summed E-state index contributed by atoms with van der Waals surface area (Å²) in [6.07, 6.45) is 0.124. The quantitative estimate of drug-likeness (QED) is 0.598. The van der Waals surface area contributed by atoms with Crippen LogP contribution >= 0.6 is 12.4 Å². The normalized spacial score (nSPS) is 10.2. The third-order valence-electron chi connectivity index (χ3n) is 2.62. The van der Waals surface area contributed by atoms with E-state index in [0.717, 1.165) is 0 Å². The van der Waals surface area contributed by atoms with Crippen molar-refractivity contribution in [3.63, 3.8) is 0 Å². The van der Waals surface area contributed by atoms with E-state index in [1.54, 1.807) is 6.92 Å². The maximum Gasteiger partial charge on any atom is 0.516 e. The van der Waals surface area contributed by atoms with Crippen LogP contribution in [0.15, 0.2) is 0 Å². The summed E-state index contributed by atoms with van der Waals surface area (Å²) in [5.74, 6) is -0.603. The molecule has 0 rings (SSSR count). The second kappa shape index (κ2) is 8.35. The van der Waals surface area contributed by atoms with Gasteiger partial charge in [0.25, 0.3) is 0 Å². The highest BCUT2D eigenvalue weighted by atomic mass is 35.5. The van der Waals surface area contributed by atoms with Gasteiger partial charge < -0.3 is 15.2 Å². The minimum absolute atomic E-state index is 0. The van der Waals surface area contributed by atoms with Crippen LogP contribution < -0.4 is 5.73 Å². The third-order valence-corrected chi connectivity index (χ3v) is 2.62. The summed E-state index contributed by atoms with van der Waals surface area (Å²) in [5.41, 5.74) is 4.76. The Hall–Kier alpha value is -0.810. The fraction of sp³-hybridized carbons (Fsp3) is 0.800. The fourth-order valence-electron chi connectivity index (χ4n) is 1.24. The molecule has 16 heavy (non-hydrogen) atoms. The molecule has 0 bridgehead atoms. The molecule has 0 aliphatic heterocycles. The van der Waals surface area contributed by atoms with Crippen molar-refractivity contribution >= 4 is 24.5 Å². The Balaban J connectivity index is 0. The predicted octanol–water partition coefficient (Wildman–Crippen LogP) is 1.87. The van der Waals surface area contributed by atoms with Gasteiger partial charge in [0.1, 0.15) is 0 Å². The van der Waals surface area contributed by atoms with E-state index in [-0.39, 0.29) is 25.6 Å². The number of halogens is 1. The van der Waals surface area contributed by atoms with Crippen molar-refractivity contribution in [2.45, 2.75) is 33.6 Å². The Bertz CT molecular complexity index is 221. The van der Waals surface area contributed by atoms with Gasteiger partial charge in [-0.25, -0.2) is 4.79 Å². The third kappa shape index (κ3) is 4.37. The van der Waals surface area contributed by atoms with Crippen LogP contribution in [0.1, 0.15) is 33.6 Å². The summed E-state index contributed by atoms with van der Waals surface area (Å²) in [7, 11) is 0. The molecule has 0 spiro atoms. The number of carbonyl (C=O) groups is 2. The summed E-state index contributed by atoms with van der Waals surface area (Å²) >= 11 is 0. The molecule has 0 saturated carbocycles. The van der Waals surface area contributed by atoms with Crippen LogP contribution in [0.3, 0.4) is 0 Å². The number of rotatable bonds is 5. The van der Waals surface area contributed by atoms with Gasteiger partial charge in [0.05, 0.1) is 12.0 Å². The number of carbonyl (C=O) groups excluding carboxylic acids is 2. The van der Waals surface area contributed by atoms with Crippen molar-refractivity contribution in [1.82, 2.24) is 0 Å². The minimum atomic E-state index is -0.956. The first-order valence-corrected chi connectivity index (χ1v) is 5.15. The van der Waals surface area contributed by atoms with E-state index >= 15 is 0 Å². The first-order valence-electron chi connectivity index (χ1n) is 5.15. The molecule has 5 nitrogen and oxygen atoms in total. The fourth-order valence-corrected chi connectivity index (χ4v) is 1.24. The van der Waals surface area contributed by atoms with E-state index in [4.69, 9.17) is 5.73 Å². The SMILES string of the molecule is CCOC(=O)OC(=O)C(CC)(CC)CN.Cl. The highest BCUT2D eigenvalue weighted by Crippen LogP contribution is 2.26. The van der Waals surface area contributed by atoms with E-state index in [1.807, 2.05) is 13.8 Å². The number of hydrogen-bond acceptors (Lipinski definition) is 5. The number of esters is 1. The molecule has 0 fully saturated rings. The van der Waals surface area contributed by atoms with E-state index in [9.17, 15) is 9.59 Å². The molecular formula is C10H20ClNO4. The highest BCUT2D eigenvalue weighted by Gasteiger charge is 2.36. The van der Waals surface area contributed by atoms with Gasteiger partial charge in [0.15, 0.2) is 0 Å². The second-order valence-electron chi connectivity index (χ2n) is 3.26. The van der Waals surface area contributed by atoms with Crippen LogP contribution in [0, 0.1) is 5.41 Å². The van der Waals surface area contributed by atoms with Gasteiger partial charge in [-0.15, -0.1) is 12.4 Å². The molecule has 0 aromatic carbocycles. The van der Waals surface area contributed by atoms with Gasteiger partial charge in [-0.2, -0.15) is 0 Å². The molecule has 0 heterocycles. The van der Waals surface area contributed by atoms with Gasteiger partial charge in [-0.1, -0.05) is 13.8 Å². The van der Waals surface area contributed by atoms with Gasteiger partial charge >= 0.3 is 12.1 Å². The number of ether oxygens (including phenoxy) is 2. The maximum absolute atomic E-state index is 11.6. The van der Waals surface area contributed by atoms with Crippen LogP contribution in [0.4, 0.5) is 4.79 Å². The summed E-state index contributed by atoms with van der Waals surface area (Å²) in [5, 5.41) is 0. The molecule has 0 saturated heterocycles. The smallest absolute Gasteiger partial charge is 0.434 e. The van der Waals surface area contributed by atoms with E-state index < -0.39 is 17.5 Å². The van der Waals surface area contributed by atoms with E-state index in [0.29, 0.717) is 12.8 Å². The summed E-state index contributed by atoms with van der Waals surface area (Å²) in [6, 6.07) is 0. The van der Waals surface area contributed by atoms with Crippen molar-refractivity contribution < 1.29 is 19.1 Å². The Morgan fingerprint density at radius 3 is 2.00 bits per heavy atom. The first kappa shape index (κ1) is 17.6. The van der Waals surface area contributed by atoms with Crippen LogP contribution in [-0.4, -0.2) is 25.3 Å². The second-order valence-corrected chi connectivity index (χ2v) is 3.26. The first-order chi connectivity index (χ1) is 7.06. The largest absolute Gasteiger partial charge is 0.516 e. The van der Waals surface area contributed by atoms with Gasteiger partial charge in [0.2, 0.25) is 0 Å². The molecule has 96 valence electrons. The van der Waals surface area contributed by atoms with Gasteiger partial charge in [-0.3, -0.25) is 4.79 Å². The number of nitrogens with two attached hydrogens (primary N) is 1. The molecule has 6 heteroatoms. The van der Waals surface area contributed by atoms with Gasteiger partial charge in [-0.05, 0) is 19.8 Å². The van der Waals surface area contributed by atoms with Crippen molar-refractivity contribution in [2.24, 2.45) is 11.1 Å². The maximum atomic E-state index is 11.6. The molecule has 0 aromatic heterocycles. The average molecular weight is 254 g/mol. The molecular weight excluding hydrogens is 234 g/mol. The standard InChI is InChI=1S/C10H19NO4.ClH/c1-4-10(5-2,7-11)8(12)15-9(13)14-6-3;/h4-7,11H2,1-3H3;1H. The monoisotopic (exact) mass is 253 g/mol. The van der Waals surface area contributed by atoms with Crippen LogP contribution in [0.2, 0.25) is 0 Å². The van der Waals surface area contributed by atoms with Crippen LogP contribution in [0.5, 0.6) is 0 Å². The Morgan fingerprint density at radius 2 is 1.69 bits per heavy atom. The molecule has 0 aliphatic carbocycles. The van der Waals surface area contributed by atoms with E-state index in [1.165, 1.54) is 0 Å². The van der Waals surface area contributed by atoms with E-state index in [2.05, 4.69) is 9.47 Å². The van der Waals surface area contributed by atoms with Crippen LogP contribution in [0.25, 0.3) is 0 Å². The highest BCUT2D eigenvalue weighted by molar-refractivity contribution is 5.86. The summed E-state index contributed by atoms with van der Waals surface area (Å²) in [6.45, 7) is 5.66. The van der Waals surface area contributed by atoms with Crippen molar-refractivity contribution in [3.8, 4) is 0 Å². The Kier molecular flexibility index (Phi) is 9.18. The molecule has 0 aromatic rings. The van der Waals surface area contributed by atoms with Crippen molar-refractivity contribution in [3.05, 3.63) is 0 Å². The molecule has 0 amide bonds. The predicted molar refractivity (Wildman–Crippen MR) is 62.4 cm³/mol. The van der Waals surface area contributed by atoms with Crippen molar-refractivity contribution in [2.75, 3.05) is 13.2 Å². The lowest BCUT2D eigenvalue weighted by molar-refractivity contribution is -0.151. The lowest BCUT2D eigenvalue weighted by Crippen LogP contribution is -2.40. The summed E-state index contributed by atoms with van der Waals surface area (Å²) in [4.78, 5) is 22.6. The van der Waals surface area contributed by atoms with Crippen molar-refractivity contribution in [1.29, 1.82) is 0 Å². The average Bonchev–Trinajstić information content (AvgIpc) is 2.21. The molecule has 2 N–H and O–H groups in total. The zero-order valence-electron chi connectivity index (χ0n) is 9.95. The Labute approximate surface area is 102 Å². The molecule has 0 aliphatic rings. The molecule has 0 atom stereocenters. The molecule has 0 radical (unpaired) electrons. The zero-order chi connectivity index (χ0) is 11.9. The van der Waals surface area contributed by atoms with Crippen LogP contribution in [-0.2, 0) is 14.3 Å². The minimum Gasteiger partial charge on any atom is -0.434 e. The lowest BCUT2D eigenvalue weighted by Gasteiger charge is -2.26. The number of hydrogen-bond donors (Lipinski definition) is 1. The lowest BCUT2D eigenvalue weighted by atomic mass is 9.82. The van der Waals surface area contributed by atoms with Gasteiger partial charge in [0, 0.05) is 6.54 Å².